The third kappa shape index (κ3) is 3.77. The first-order valence-electron chi connectivity index (χ1n) is 7.54. The van der Waals surface area contributed by atoms with E-state index in [-0.39, 0.29) is 12.5 Å². The zero-order chi connectivity index (χ0) is 17.8. The van der Waals surface area contributed by atoms with Crippen LogP contribution in [-0.4, -0.2) is 33.7 Å². The quantitative estimate of drug-likeness (QED) is 0.562. The number of ether oxygens (including phenoxy) is 1. The molecule has 1 N–H and O–H groups in total. The molecule has 0 unspecified atom stereocenters. The predicted molar refractivity (Wildman–Crippen MR) is 95.9 cm³/mol. The molecule has 0 aliphatic carbocycles. The van der Waals surface area contributed by atoms with Gasteiger partial charge in [-0.3, -0.25) is 4.79 Å². The summed E-state index contributed by atoms with van der Waals surface area (Å²) in [6.07, 6.45) is 0. The molecule has 0 saturated carbocycles. The average Bonchev–Trinajstić information content (AvgIpc) is 3.02. The van der Waals surface area contributed by atoms with Gasteiger partial charge in [0, 0.05) is 10.6 Å². The minimum absolute atomic E-state index is 0.0178. The van der Waals surface area contributed by atoms with Crippen molar-refractivity contribution >= 4 is 34.3 Å². The number of nitrogens with one attached hydrogen (secondary N) is 1. The second-order valence-electron chi connectivity index (χ2n) is 5.31. The molecular weight excluding hydrogens is 342 g/mol. The second kappa shape index (κ2) is 7.31. The summed E-state index contributed by atoms with van der Waals surface area (Å²) >= 11 is 6.01. The number of hydrogen-bond donors (Lipinski definition) is 1. The van der Waals surface area contributed by atoms with Gasteiger partial charge in [-0.05, 0) is 37.3 Å². The van der Waals surface area contributed by atoms with Crippen LogP contribution >= 0.6 is 11.6 Å². The van der Waals surface area contributed by atoms with Crippen molar-refractivity contribution in [3.63, 3.8) is 0 Å². The summed E-state index contributed by atoms with van der Waals surface area (Å²) in [7, 11) is 1.56. The molecule has 7 nitrogen and oxygen atoms in total. The molecule has 0 fully saturated rings. The molecule has 8 heteroatoms. The van der Waals surface area contributed by atoms with Gasteiger partial charge in [0.05, 0.1) is 18.3 Å². The molecule has 0 radical (unpaired) electrons. The van der Waals surface area contributed by atoms with Gasteiger partial charge in [0.15, 0.2) is 0 Å². The highest BCUT2D eigenvalue weighted by Crippen LogP contribution is 2.23. The van der Waals surface area contributed by atoms with Crippen molar-refractivity contribution < 1.29 is 9.53 Å². The van der Waals surface area contributed by atoms with Crippen molar-refractivity contribution in [3.05, 3.63) is 53.1 Å². The lowest BCUT2D eigenvalue weighted by Crippen LogP contribution is -2.25. The van der Waals surface area contributed by atoms with Gasteiger partial charge < -0.3 is 4.74 Å². The average molecular weight is 358 g/mol. The fraction of sp³-hybridized carbons (Fsp3) is 0.176. The van der Waals surface area contributed by atoms with Crippen molar-refractivity contribution in [3.8, 4) is 5.75 Å². The van der Waals surface area contributed by atoms with E-state index in [0.29, 0.717) is 22.0 Å². The van der Waals surface area contributed by atoms with E-state index in [1.54, 1.807) is 32.2 Å². The molecule has 128 valence electrons. The minimum atomic E-state index is -0.309. The maximum atomic E-state index is 12.1. The molecule has 0 bridgehead atoms. The second-order valence-corrected chi connectivity index (χ2v) is 5.75. The van der Waals surface area contributed by atoms with Crippen LogP contribution in [0.4, 0.5) is 0 Å². The summed E-state index contributed by atoms with van der Waals surface area (Å²) in [5, 5.41) is 12.7. The fourth-order valence-corrected chi connectivity index (χ4v) is 2.55. The maximum Gasteiger partial charge on any atom is 0.261 e. The van der Waals surface area contributed by atoms with Crippen molar-refractivity contribution in [1.82, 2.24) is 20.4 Å². The number of rotatable bonds is 5. The molecule has 0 spiro atoms. The van der Waals surface area contributed by atoms with Crippen molar-refractivity contribution in [2.75, 3.05) is 7.11 Å². The number of methoxy groups -OCH3 is 1. The molecule has 0 aliphatic rings. The minimum Gasteiger partial charge on any atom is -0.496 e. The van der Waals surface area contributed by atoms with E-state index in [2.05, 4.69) is 20.8 Å². The monoisotopic (exact) mass is 357 g/mol. The Balaban J connectivity index is 1.73. The standard InChI is InChI=1S/C17H16ClN5O2/c1-11(13-9-12(18)7-8-16(13)25-2)19-21-17(24)10-23-15-6-4-3-5-14(15)20-22-23/h3-9H,10H2,1-2H3,(H,21,24)/b19-11-. The number of para-hydroxylation sites is 1. The Labute approximate surface area is 149 Å². The van der Waals surface area contributed by atoms with Gasteiger partial charge in [-0.1, -0.05) is 28.9 Å². The molecule has 0 aliphatic heterocycles. The van der Waals surface area contributed by atoms with Gasteiger partial charge in [0.25, 0.3) is 5.91 Å². The third-order valence-corrected chi connectivity index (χ3v) is 3.85. The highest BCUT2D eigenvalue weighted by atomic mass is 35.5. The van der Waals surface area contributed by atoms with Crippen LogP contribution in [0.25, 0.3) is 11.0 Å². The van der Waals surface area contributed by atoms with Gasteiger partial charge in [-0.15, -0.1) is 5.10 Å². The molecule has 0 atom stereocenters. The van der Waals surface area contributed by atoms with Gasteiger partial charge in [0.1, 0.15) is 17.8 Å². The molecule has 25 heavy (non-hydrogen) atoms. The molecule has 2 aromatic carbocycles. The number of carbonyl (C=O) groups excluding carboxylic acids is 1. The molecular formula is C17H16ClN5O2. The third-order valence-electron chi connectivity index (χ3n) is 3.61. The van der Waals surface area contributed by atoms with E-state index in [4.69, 9.17) is 16.3 Å². The van der Waals surface area contributed by atoms with E-state index < -0.39 is 0 Å². The summed E-state index contributed by atoms with van der Waals surface area (Å²) in [6.45, 7) is 1.78. The Kier molecular flexibility index (Phi) is 4.95. The van der Waals surface area contributed by atoms with Gasteiger partial charge in [-0.2, -0.15) is 5.10 Å². The largest absolute Gasteiger partial charge is 0.496 e. The lowest BCUT2D eigenvalue weighted by Gasteiger charge is -2.09. The van der Waals surface area contributed by atoms with Crippen LogP contribution in [0.2, 0.25) is 5.02 Å². The number of amides is 1. The summed E-state index contributed by atoms with van der Waals surface area (Å²) in [5.74, 6) is 0.318. The molecule has 1 heterocycles. The first kappa shape index (κ1) is 16.9. The topological polar surface area (TPSA) is 81.4 Å². The van der Waals surface area contributed by atoms with E-state index in [9.17, 15) is 4.79 Å². The van der Waals surface area contributed by atoms with Crippen LogP contribution in [0.1, 0.15) is 12.5 Å². The normalized spacial score (nSPS) is 11.6. The summed E-state index contributed by atoms with van der Waals surface area (Å²) in [6, 6.07) is 12.6. The Bertz CT molecular complexity index is 951. The lowest BCUT2D eigenvalue weighted by atomic mass is 10.1. The number of hydrogen-bond acceptors (Lipinski definition) is 5. The number of halogens is 1. The summed E-state index contributed by atoms with van der Waals surface area (Å²) < 4.78 is 6.81. The number of fused-ring (bicyclic) bond motifs is 1. The van der Waals surface area contributed by atoms with E-state index >= 15 is 0 Å². The molecule has 3 aromatic rings. The highest BCUT2D eigenvalue weighted by Gasteiger charge is 2.10. The van der Waals surface area contributed by atoms with Crippen molar-refractivity contribution in [1.29, 1.82) is 0 Å². The van der Waals surface area contributed by atoms with Gasteiger partial charge in [-0.25, -0.2) is 10.1 Å². The van der Waals surface area contributed by atoms with Crippen molar-refractivity contribution in [2.24, 2.45) is 5.10 Å². The number of benzene rings is 2. The van der Waals surface area contributed by atoms with Crippen LogP contribution in [0.3, 0.4) is 0 Å². The van der Waals surface area contributed by atoms with E-state index in [1.165, 1.54) is 4.68 Å². The zero-order valence-corrected chi connectivity index (χ0v) is 14.5. The zero-order valence-electron chi connectivity index (χ0n) is 13.7. The van der Waals surface area contributed by atoms with Crippen LogP contribution in [0.5, 0.6) is 5.75 Å². The fourth-order valence-electron chi connectivity index (χ4n) is 2.37. The molecule has 0 saturated heterocycles. The van der Waals surface area contributed by atoms with Crippen LogP contribution in [-0.2, 0) is 11.3 Å². The summed E-state index contributed by atoms with van der Waals surface area (Å²) in [4.78, 5) is 12.1. The van der Waals surface area contributed by atoms with Crippen LogP contribution in [0, 0.1) is 0 Å². The SMILES string of the molecule is COc1ccc(Cl)cc1/C(C)=N\NC(=O)Cn1nnc2ccccc21. The van der Waals surface area contributed by atoms with Gasteiger partial charge in [0.2, 0.25) is 0 Å². The molecule has 1 amide bonds. The van der Waals surface area contributed by atoms with E-state index in [1.807, 2.05) is 24.3 Å². The highest BCUT2D eigenvalue weighted by molar-refractivity contribution is 6.31. The molecule has 3 rings (SSSR count). The van der Waals surface area contributed by atoms with Gasteiger partial charge >= 0.3 is 0 Å². The Morgan fingerprint density at radius 2 is 2.12 bits per heavy atom. The number of hydrazone groups is 1. The van der Waals surface area contributed by atoms with E-state index in [0.717, 1.165) is 11.0 Å². The first-order valence-corrected chi connectivity index (χ1v) is 7.91. The Morgan fingerprint density at radius 3 is 2.92 bits per heavy atom. The Morgan fingerprint density at radius 1 is 1.32 bits per heavy atom. The van der Waals surface area contributed by atoms with Crippen LogP contribution < -0.4 is 10.2 Å². The summed E-state index contributed by atoms with van der Waals surface area (Å²) in [5.41, 5.74) is 5.33. The molecule has 1 aromatic heterocycles. The first-order chi connectivity index (χ1) is 12.1. The number of carbonyl (C=O) groups is 1. The smallest absolute Gasteiger partial charge is 0.261 e. The Hall–Kier alpha value is -2.93. The number of nitrogens with zero attached hydrogens (tertiary/aromatic N) is 4. The van der Waals surface area contributed by atoms with Crippen molar-refractivity contribution in [2.45, 2.75) is 13.5 Å². The van der Waals surface area contributed by atoms with Crippen LogP contribution in [0.15, 0.2) is 47.6 Å². The predicted octanol–water partition coefficient (Wildman–Crippen LogP) is 2.63. The number of aromatic nitrogens is 3. The lowest BCUT2D eigenvalue weighted by molar-refractivity contribution is -0.121. The maximum absolute atomic E-state index is 12.1.